The van der Waals surface area contributed by atoms with E-state index < -0.39 is 0 Å². The van der Waals surface area contributed by atoms with Crippen LogP contribution in [0.2, 0.25) is 0 Å². The summed E-state index contributed by atoms with van der Waals surface area (Å²) in [7, 11) is 0. The average molecular weight is 891 g/mol. The molecule has 13 aromatic rings. The van der Waals surface area contributed by atoms with Crippen LogP contribution in [0.1, 0.15) is 11.1 Å². The summed E-state index contributed by atoms with van der Waals surface area (Å²) in [6, 6.07) is 85.3. The fraction of sp³-hybridized carbons (Fsp3) is 0. The van der Waals surface area contributed by atoms with Crippen molar-refractivity contribution in [2.45, 2.75) is 0 Å². The Morgan fingerprint density at radius 1 is 0.271 bits per heavy atom. The van der Waals surface area contributed by atoms with E-state index in [1.54, 1.807) is 0 Å². The molecule has 1 aliphatic rings. The number of benzene rings is 11. The molecule has 0 fully saturated rings. The van der Waals surface area contributed by atoms with Crippen LogP contribution in [0.5, 0.6) is 0 Å². The number of para-hydroxylation sites is 2. The van der Waals surface area contributed by atoms with Crippen LogP contribution < -0.4 is 0 Å². The minimum absolute atomic E-state index is 0.589. The molecule has 0 spiro atoms. The Kier molecular flexibility index (Phi) is 9.17. The van der Waals surface area contributed by atoms with Gasteiger partial charge >= 0.3 is 0 Å². The molecule has 0 atom stereocenters. The molecular weight excluding hydrogens is 849 g/mol. The lowest BCUT2D eigenvalue weighted by atomic mass is 9.92. The van der Waals surface area contributed by atoms with Gasteiger partial charge in [0.15, 0.2) is 0 Å². The van der Waals surface area contributed by atoms with Gasteiger partial charge in [-0.05, 0) is 115 Å². The highest BCUT2D eigenvalue weighted by molar-refractivity contribution is 6.26. The molecular formula is C66H42N4. The maximum absolute atomic E-state index is 5.56. The van der Waals surface area contributed by atoms with E-state index in [1.807, 2.05) is 6.07 Å². The van der Waals surface area contributed by atoms with Crippen LogP contribution in [0, 0.1) is 0 Å². The van der Waals surface area contributed by atoms with E-state index in [1.165, 1.54) is 48.7 Å². The molecule has 0 aliphatic carbocycles. The van der Waals surface area contributed by atoms with Crippen LogP contribution in [0.4, 0.5) is 0 Å². The lowest BCUT2D eigenvalue weighted by molar-refractivity contribution is 1.18. The molecule has 0 bridgehead atoms. The summed E-state index contributed by atoms with van der Waals surface area (Å²) >= 11 is 0. The first-order valence-corrected chi connectivity index (χ1v) is 23.9. The summed E-state index contributed by atoms with van der Waals surface area (Å²) in [5.74, 6) is 0.589. The topological polar surface area (TPSA) is 34.6 Å². The highest BCUT2D eigenvalue weighted by Gasteiger charge is 2.22. The van der Waals surface area contributed by atoms with E-state index in [2.05, 4.69) is 258 Å². The average Bonchev–Trinajstić information content (AvgIpc) is 3.92. The van der Waals surface area contributed by atoms with E-state index in [0.717, 1.165) is 77.8 Å². The molecule has 0 saturated carbocycles. The van der Waals surface area contributed by atoms with Crippen LogP contribution in [-0.2, 0) is 0 Å². The van der Waals surface area contributed by atoms with Crippen LogP contribution >= 0.6 is 0 Å². The number of hydrogen-bond acceptors (Lipinski definition) is 2. The molecule has 70 heavy (non-hydrogen) atoms. The molecule has 4 heteroatoms. The third-order valence-corrected chi connectivity index (χ3v) is 14.1. The summed E-state index contributed by atoms with van der Waals surface area (Å²) in [5, 5.41) is 12.3. The molecule has 0 saturated heterocycles. The van der Waals surface area contributed by atoms with Gasteiger partial charge in [-0.1, -0.05) is 194 Å². The summed E-state index contributed by atoms with van der Waals surface area (Å²) in [6.07, 6.45) is 6.28. The summed E-state index contributed by atoms with van der Waals surface area (Å²) in [6.45, 7) is 0. The monoisotopic (exact) mass is 890 g/mol. The Morgan fingerprint density at radius 2 is 0.771 bits per heavy atom. The molecule has 0 unspecified atom stereocenters. The number of nitrogens with zero attached hydrogens (tertiary/aromatic N) is 4. The van der Waals surface area contributed by atoms with Crippen molar-refractivity contribution >= 4 is 93.3 Å². The van der Waals surface area contributed by atoms with Crippen molar-refractivity contribution in [2.24, 2.45) is 9.98 Å². The minimum Gasteiger partial charge on any atom is -0.309 e. The third kappa shape index (κ3) is 6.46. The predicted octanol–water partition coefficient (Wildman–Crippen LogP) is 17.0. The smallest absolute Gasteiger partial charge is 0.235 e. The molecule has 0 radical (unpaired) electrons. The van der Waals surface area contributed by atoms with Crippen molar-refractivity contribution in [2.75, 3.05) is 0 Å². The van der Waals surface area contributed by atoms with Crippen molar-refractivity contribution < 1.29 is 0 Å². The first-order valence-electron chi connectivity index (χ1n) is 23.9. The van der Waals surface area contributed by atoms with Crippen molar-refractivity contribution in [3.05, 3.63) is 266 Å². The summed E-state index contributed by atoms with van der Waals surface area (Å²) in [5.41, 5.74) is 13.7. The van der Waals surface area contributed by atoms with Crippen LogP contribution in [0.3, 0.4) is 0 Å². The van der Waals surface area contributed by atoms with Crippen molar-refractivity contribution in [1.82, 2.24) is 9.13 Å². The number of rotatable bonds is 5. The van der Waals surface area contributed by atoms with E-state index in [4.69, 9.17) is 9.98 Å². The number of allylic oxidation sites excluding steroid dienone is 3. The zero-order valence-electron chi connectivity index (χ0n) is 38.0. The maximum Gasteiger partial charge on any atom is 0.235 e. The predicted molar refractivity (Wildman–Crippen MR) is 297 cm³/mol. The Hall–Kier alpha value is -9.38. The van der Waals surface area contributed by atoms with Crippen LogP contribution in [-0.4, -0.2) is 20.8 Å². The summed E-state index contributed by atoms with van der Waals surface area (Å²) in [4.78, 5) is 11.1. The van der Waals surface area contributed by atoms with Gasteiger partial charge in [0.05, 0.1) is 33.5 Å². The molecule has 3 heterocycles. The van der Waals surface area contributed by atoms with Crippen LogP contribution in [0.25, 0.3) is 110 Å². The van der Waals surface area contributed by atoms with Gasteiger partial charge < -0.3 is 4.57 Å². The van der Waals surface area contributed by atoms with Gasteiger partial charge in [0.25, 0.3) is 0 Å². The van der Waals surface area contributed by atoms with Gasteiger partial charge in [0, 0.05) is 38.4 Å². The molecule has 0 N–H and O–H groups in total. The van der Waals surface area contributed by atoms with Crippen LogP contribution in [0.15, 0.2) is 265 Å². The quantitative estimate of drug-likeness (QED) is 0.154. The Labute approximate surface area is 404 Å². The zero-order valence-corrected chi connectivity index (χ0v) is 38.0. The van der Waals surface area contributed by atoms with E-state index in [9.17, 15) is 0 Å². The SMILES string of the molecule is C1=CC(c2ccccc2)=NC(n2c3ccccc3c3cc4c5ccccc5n(-c5cccc(-c6ccc7c8ccccc8c8ccccc8c7c6)c5)c4cc32)=NC(c2cccc(-c3ccccc3)c2)=C1. The Balaban J connectivity index is 0.988. The Morgan fingerprint density at radius 3 is 1.46 bits per heavy atom. The second kappa shape index (κ2) is 16.2. The van der Waals surface area contributed by atoms with Gasteiger partial charge in [-0.25, -0.2) is 9.98 Å². The van der Waals surface area contributed by atoms with Gasteiger partial charge in [-0.3, -0.25) is 4.57 Å². The second-order valence-corrected chi connectivity index (χ2v) is 18.1. The fourth-order valence-corrected chi connectivity index (χ4v) is 10.9. The highest BCUT2D eigenvalue weighted by Crippen LogP contribution is 2.41. The molecule has 14 rings (SSSR count). The first-order chi connectivity index (χ1) is 34.7. The van der Waals surface area contributed by atoms with Gasteiger partial charge in [0.2, 0.25) is 5.96 Å². The van der Waals surface area contributed by atoms with Crippen molar-refractivity contribution in [3.63, 3.8) is 0 Å². The fourth-order valence-electron chi connectivity index (χ4n) is 10.9. The second-order valence-electron chi connectivity index (χ2n) is 18.1. The Bertz CT molecular complexity index is 4360. The van der Waals surface area contributed by atoms with Crippen molar-refractivity contribution in [1.29, 1.82) is 0 Å². The molecule has 2 aromatic heterocycles. The van der Waals surface area contributed by atoms with E-state index >= 15 is 0 Å². The van der Waals surface area contributed by atoms with Gasteiger partial charge in [-0.2, -0.15) is 0 Å². The lowest BCUT2D eigenvalue weighted by Gasteiger charge is -2.14. The summed E-state index contributed by atoms with van der Waals surface area (Å²) < 4.78 is 4.70. The third-order valence-electron chi connectivity index (χ3n) is 14.1. The number of aliphatic imine (C=N–C) groups is 2. The lowest BCUT2D eigenvalue weighted by Crippen LogP contribution is -2.14. The molecule has 4 nitrogen and oxygen atoms in total. The number of hydrogen-bond donors (Lipinski definition) is 0. The number of aromatic nitrogens is 2. The molecule has 1 aliphatic heterocycles. The zero-order chi connectivity index (χ0) is 46.1. The largest absolute Gasteiger partial charge is 0.309 e. The normalized spacial score (nSPS) is 13.1. The number of fused-ring (bicyclic) bond motifs is 12. The van der Waals surface area contributed by atoms with Crippen molar-refractivity contribution in [3.8, 4) is 27.9 Å². The van der Waals surface area contributed by atoms with Gasteiger partial charge in [-0.15, -0.1) is 0 Å². The van der Waals surface area contributed by atoms with Gasteiger partial charge in [0.1, 0.15) is 0 Å². The first kappa shape index (κ1) is 39.8. The molecule has 0 amide bonds. The maximum atomic E-state index is 5.56. The van der Waals surface area contributed by atoms with E-state index in [0.29, 0.717) is 5.96 Å². The molecule has 326 valence electrons. The standard InChI is InChI=1S/C66H42N4/c1-3-18-43(19-4-1)45-22-15-24-48(38-45)61-33-17-32-60(44-20-5-2-6-21-44)67-66(68-61)70-63-35-14-12-31-56(63)59-41-58-55-30-11-13-34-62(55)69(64(58)42-65(59)70)49-25-16-23-46(39-49)47-36-37-54-52-28-8-7-26-50(52)51-27-9-10-29-53(51)57(54)40-47/h1-42H. The highest BCUT2D eigenvalue weighted by atomic mass is 15.2. The minimum atomic E-state index is 0.589. The molecule has 11 aromatic carbocycles. The van der Waals surface area contributed by atoms with E-state index in [-0.39, 0.29) is 0 Å².